The van der Waals surface area contributed by atoms with Crippen LogP contribution in [-0.4, -0.2) is 14.2 Å². The van der Waals surface area contributed by atoms with Crippen molar-refractivity contribution in [2.45, 2.75) is 6.54 Å². The highest BCUT2D eigenvalue weighted by Gasteiger charge is 2.06. The van der Waals surface area contributed by atoms with Crippen molar-refractivity contribution in [2.75, 3.05) is 5.73 Å². The molecule has 0 aliphatic carbocycles. The summed E-state index contributed by atoms with van der Waals surface area (Å²) in [4.78, 5) is 12.2. The molecule has 5 nitrogen and oxygen atoms in total. The second kappa shape index (κ2) is 4.44. The lowest BCUT2D eigenvalue weighted by Crippen LogP contribution is -2.21. The van der Waals surface area contributed by atoms with E-state index in [2.05, 4.69) is 5.10 Å². The van der Waals surface area contributed by atoms with Crippen molar-refractivity contribution >= 4 is 22.8 Å². The molecule has 3 aromatic rings. The molecule has 6 heteroatoms. The van der Waals surface area contributed by atoms with Crippen molar-refractivity contribution in [3.05, 3.63) is 63.8 Å². The number of nitrogens with two attached hydrogens (primary N) is 1. The Morgan fingerprint density at radius 2 is 2.11 bits per heavy atom. The summed E-state index contributed by atoms with van der Waals surface area (Å²) in [6.45, 7) is 0.402. The molecule has 2 heterocycles. The number of fused-ring (bicyclic) bond motifs is 1. The van der Waals surface area contributed by atoms with Crippen LogP contribution in [-0.2, 0) is 6.54 Å². The molecule has 2 N–H and O–H groups in total. The number of hydrogen-bond acceptors (Lipinski definition) is 3. The summed E-state index contributed by atoms with van der Waals surface area (Å²) in [6, 6.07) is 6.96. The summed E-state index contributed by atoms with van der Waals surface area (Å²) >= 11 is 6.12. The average molecular weight is 275 g/mol. The van der Waals surface area contributed by atoms with Crippen LogP contribution in [0.3, 0.4) is 0 Å². The molecule has 0 radical (unpaired) electrons. The monoisotopic (exact) mass is 274 g/mol. The maximum absolute atomic E-state index is 12.2. The van der Waals surface area contributed by atoms with Gasteiger partial charge in [0.1, 0.15) is 5.52 Å². The first-order valence-corrected chi connectivity index (χ1v) is 6.09. The highest BCUT2D eigenvalue weighted by Crippen LogP contribution is 2.19. The van der Waals surface area contributed by atoms with Crippen LogP contribution in [0.25, 0.3) is 5.52 Å². The largest absolute Gasteiger partial charge is 0.399 e. The number of halogens is 1. The summed E-state index contributed by atoms with van der Waals surface area (Å²) in [5, 5.41) is 4.57. The molecule has 3 rings (SSSR count). The van der Waals surface area contributed by atoms with E-state index in [1.807, 2.05) is 6.07 Å². The van der Waals surface area contributed by atoms with Crippen LogP contribution in [0.1, 0.15) is 5.56 Å². The minimum absolute atomic E-state index is 0.104. The van der Waals surface area contributed by atoms with Crippen LogP contribution >= 0.6 is 11.6 Å². The molecular formula is C13H11ClN4O. The second-order valence-electron chi connectivity index (χ2n) is 4.24. The maximum atomic E-state index is 12.2. The van der Waals surface area contributed by atoms with Gasteiger partial charge in [-0.25, -0.2) is 4.52 Å². The van der Waals surface area contributed by atoms with Crippen molar-refractivity contribution in [3.8, 4) is 0 Å². The molecule has 0 amide bonds. The Kier molecular flexibility index (Phi) is 2.76. The van der Waals surface area contributed by atoms with Crippen LogP contribution < -0.4 is 11.3 Å². The predicted molar refractivity (Wildman–Crippen MR) is 74.4 cm³/mol. The van der Waals surface area contributed by atoms with Crippen LogP contribution in [0.15, 0.2) is 47.7 Å². The number of aromatic nitrogens is 3. The van der Waals surface area contributed by atoms with Gasteiger partial charge < -0.3 is 10.3 Å². The smallest absolute Gasteiger partial charge is 0.276 e. The van der Waals surface area contributed by atoms with Gasteiger partial charge in [-0.2, -0.15) is 5.10 Å². The zero-order valence-electron chi connectivity index (χ0n) is 9.95. The molecule has 0 bridgehead atoms. The SMILES string of the molecule is Nc1ccc(Cn2ccn3nccc3c2=O)c(Cl)c1. The third-order valence-corrected chi connectivity index (χ3v) is 3.31. The molecular weight excluding hydrogens is 264 g/mol. The number of nitrogens with zero attached hydrogens (tertiary/aromatic N) is 3. The molecule has 0 aliphatic rings. The summed E-state index contributed by atoms with van der Waals surface area (Å²) in [5.41, 5.74) is 7.53. The van der Waals surface area contributed by atoms with E-state index < -0.39 is 0 Å². The number of hydrogen-bond donors (Lipinski definition) is 1. The van der Waals surface area contributed by atoms with Gasteiger partial charge in [0.25, 0.3) is 5.56 Å². The Bertz CT molecular complexity index is 806. The number of nitrogen functional groups attached to an aromatic ring is 1. The normalized spacial score (nSPS) is 11.0. The Morgan fingerprint density at radius 1 is 1.26 bits per heavy atom. The van der Waals surface area contributed by atoms with Gasteiger partial charge >= 0.3 is 0 Å². The topological polar surface area (TPSA) is 65.3 Å². The van der Waals surface area contributed by atoms with Crippen molar-refractivity contribution in [1.82, 2.24) is 14.2 Å². The lowest BCUT2D eigenvalue weighted by molar-refractivity contribution is 0.743. The van der Waals surface area contributed by atoms with Gasteiger partial charge in [-0.3, -0.25) is 4.79 Å². The molecule has 0 spiro atoms. The van der Waals surface area contributed by atoms with E-state index >= 15 is 0 Å². The lowest BCUT2D eigenvalue weighted by Gasteiger charge is -2.08. The van der Waals surface area contributed by atoms with Gasteiger partial charge in [0.05, 0.1) is 12.7 Å². The van der Waals surface area contributed by atoms with Crippen LogP contribution in [0, 0.1) is 0 Å². The number of benzene rings is 1. The fourth-order valence-corrected chi connectivity index (χ4v) is 2.21. The van der Waals surface area contributed by atoms with Gasteiger partial charge in [-0.05, 0) is 23.8 Å². The predicted octanol–water partition coefficient (Wildman–Crippen LogP) is 1.78. The molecule has 0 atom stereocenters. The van der Waals surface area contributed by atoms with Crippen LogP contribution in [0.4, 0.5) is 5.69 Å². The van der Waals surface area contributed by atoms with E-state index in [4.69, 9.17) is 17.3 Å². The van der Waals surface area contributed by atoms with Gasteiger partial charge in [0.15, 0.2) is 0 Å². The maximum Gasteiger partial charge on any atom is 0.276 e. The Hall–Kier alpha value is -2.27. The summed E-state index contributed by atoms with van der Waals surface area (Å²) in [7, 11) is 0. The molecule has 0 unspecified atom stereocenters. The standard InChI is InChI=1S/C13H11ClN4O/c14-11-7-10(15)2-1-9(11)8-17-5-6-18-12(13(17)19)3-4-16-18/h1-7H,8,15H2. The van der Waals surface area contributed by atoms with Crippen molar-refractivity contribution < 1.29 is 0 Å². The highest BCUT2D eigenvalue weighted by molar-refractivity contribution is 6.31. The Labute approximate surface area is 113 Å². The minimum atomic E-state index is -0.104. The van der Waals surface area contributed by atoms with E-state index in [1.54, 1.807) is 45.9 Å². The minimum Gasteiger partial charge on any atom is -0.399 e. The Morgan fingerprint density at radius 3 is 2.89 bits per heavy atom. The first-order chi connectivity index (χ1) is 9.15. The zero-order valence-corrected chi connectivity index (χ0v) is 10.7. The van der Waals surface area contributed by atoms with Crippen molar-refractivity contribution in [3.63, 3.8) is 0 Å². The molecule has 1 aromatic carbocycles. The van der Waals surface area contributed by atoms with Gasteiger partial charge in [-0.1, -0.05) is 17.7 Å². The third-order valence-electron chi connectivity index (χ3n) is 2.96. The van der Waals surface area contributed by atoms with E-state index in [0.29, 0.717) is 22.8 Å². The third kappa shape index (κ3) is 2.08. The second-order valence-corrected chi connectivity index (χ2v) is 4.65. The van der Waals surface area contributed by atoms with Gasteiger partial charge in [-0.15, -0.1) is 0 Å². The Balaban J connectivity index is 2.05. The first-order valence-electron chi connectivity index (χ1n) is 5.72. The molecule has 0 saturated carbocycles. The molecule has 96 valence electrons. The van der Waals surface area contributed by atoms with Crippen molar-refractivity contribution in [2.24, 2.45) is 0 Å². The molecule has 2 aromatic heterocycles. The van der Waals surface area contributed by atoms with E-state index in [9.17, 15) is 4.79 Å². The molecule has 19 heavy (non-hydrogen) atoms. The fourth-order valence-electron chi connectivity index (χ4n) is 1.96. The van der Waals surface area contributed by atoms with Crippen LogP contribution in [0.5, 0.6) is 0 Å². The fraction of sp³-hybridized carbons (Fsp3) is 0.0769. The summed E-state index contributed by atoms with van der Waals surface area (Å²) < 4.78 is 3.14. The molecule has 0 aliphatic heterocycles. The van der Waals surface area contributed by atoms with E-state index in [1.165, 1.54) is 0 Å². The first kappa shape index (κ1) is 11.8. The van der Waals surface area contributed by atoms with E-state index in [-0.39, 0.29) is 5.56 Å². The van der Waals surface area contributed by atoms with Gasteiger partial charge in [0.2, 0.25) is 0 Å². The van der Waals surface area contributed by atoms with E-state index in [0.717, 1.165) is 5.56 Å². The molecule has 0 fully saturated rings. The zero-order chi connectivity index (χ0) is 13.4. The lowest BCUT2D eigenvalue weighted by atomic mass is 10.2. The van der Waals surface area contributed by atoms with Crippen LogP contribution in [0.2, 0.25) is 5.02 Å². The van der Waals surface area contributed by atoms with Crippen molar-refractivity contribution in [1.29, 1.82) is 0 Å². The summed E-state index contributed by atoms with van der Waals surface area (Å²) in [6.07, 6.45) is 5.02. The van der Waals surface area contributed by atoms with Gasteiger partial charge in [0, 0.05) is 23.1 Å². The summed E-state index contributed by atoms with van der Waals surface area (Å²) in [5.74, 6) is 0. The average Bonchev–Trinajstić information content (AvgIpc) is 2.85. The number of rotatable bonds is 2. The number of anilines is 1. The quantitative estimate of drug-likeness (QED) is 0.725. The highest BCUT2D eigenvalue weighted by atomic mass is 35.5. The molecule has 0 saturated heterocycles.